The predicted molar refractivity (Wildman–Crippen MR) is 117 cm³/mol. The molecule has 0 aromatic heterocycles. The van der Waals surface area contributed by atoms with Gasteiger partial charge in [0.05, 0.1) is 7.43 Å². The van der Waals surface area contributed by atoms with Crippen LogP contribution >= 0.6 is 18.7 Å². The van der Waals surface area contributed by atoms with E-state index in [4.69, 9.17) is 11.2 Å². The number of nitrogens with zero attached hydrogens (tertiary/aromatic N) is 1. The highest BCUT2D eigenvalue weighted by molar-refractivity contribution is 7.81. The van der Waals surface area contributed by atoms with E-state index < -0.39 is 7.43 Å². The van der Waals surface area contributed by atoms with E-state index in [2.05, 4.69) is 97.4 Å². The summed E-state index contributed by atoms with van der Waals surface area (Å²) >= 11 is 6.79. The lowest BCUT2D eigenvalue weighted by molar-refractivity contribution is 0.512. The third-order valence-electron chi connectivity index (χ3n) is 4.64. The first-order valence-corrected chi connectivity index (χ1v) is 11.5. The molecule has 1 nitrogen and oxygen atoms in total. The molecule has 1 atom stereocenters. The van der Waals surface area contributed by atoms with E-state index in [0.717, 1.165) is 19.3 Å². The first kappa shape index (κ1) is 19.1. The summed E-state index contributed by atoms with van der Waals surface area (Å²) in [6.45, 7) is 6.35. The van der Waals surface area contributed by atoms with Crippen molar-refractivity contribution >= 4 is 18.7 Å². The first-order valence-electron chi connectivity index (χ1n) is 9.14. The van der Waals surface area contributed by atoms with Gasteiger partial charge in [-0.3, -0.25) is 4.67 Å². The van der Waals surface area contributed by atoms with Gasteiger partial charge in [0.1, 0.15) is 0 Å². The van der Waals surface area contributed by atoms with Crippen LogP contribution in [0.1, 0.15) is 19.4 Å². The zero-order valence-electron chi connectivity index (χ0n) is 15.4. The molecule has 26 heavy (non-hydrogen) atoms. The highest BCUT2D eigenvalue weighted by Gasteiger charge is 2.16. The summed E-state index contributed by atoms with van der Waals surface area (Å²) in [5.74, 6) is 0. The largest absolute Gasteiger partial charge is 0.270 e. The Morgan fingerprint density at radius 1 is 0.731 bits per heavy atom. The Bertz CT molecular complexity index is 816. The number of hydrogen-bond donors (Lipinski definition) is 0. The summed E-state index contributed by atoms with van der Waals surface area (Å²) in [6.07, 6.45) is 0.901. The molecule has 134 valence electrons. The lowest BCUT2D eigenvalue weighted by atomic mass is 9.95. The molecule has 0 aliphatic rings. The fourth-order valence-corrected chi connectivity index (χ4v) is 5.58. The number of rotatable bonds is 7. The summed E-state index contributed by atoms with van der Waals surface area (Å²) in [5.41, 5.74) is 6.35. The Labute approximate surface area is 163 Å². The van der Waals surface area contributed by atoms with Gasteiger partial charge in [0.15, 0.2) is 0 Å². The molecular weight excluding hydrogens is 357 g/mol. The second-order valence-electron chi connectivity index (χ2n) is 6.24. The second-order valence-corrected chi connectivity index (χ2v) is 8.96. The highest BCUT2D eigenvalue weighted by atomic mass is 35.7. The van der Waals surface area contributed by atoms with Crippen LogP contribution in [0.5, 0.6) is 0 Å². The van der Waals surface area contributed by atoms with Gasteiger partial charge < -0.3 is 0 Å². The second kappa shape index (κ2) is 9.33. The van der Waals surface area contributed by atoms with Gasteiger partial charge in [0.25, 0.3) is 0 Å². The van der Waals surface area contributed by atoms with E-state index in [-0.39, 0.29) is 0 Å². The van der Waals surface area contributed by atoms with Crippen molar-refractivity contribution in [2.45, 2.75) is 20.0 Å². The number of benzene rings is 3. The van der Waals surface area contributed by atoms with Gasteiger partial charge in [-0.15, -0.1) is 0 Å². The molecule has 3 aromatic carbocycles. The van der Waals surface area contributed by atoms with Gasteiger partial charge in [-0.1, -0.05) is 97.9 Å². The molecule has 3 aromatic rings. The van der Waals surface area contributed by atoms with Gasteiger partial charge >= 0.3 is 0 Å². The molecular formula is C23H25ClNP. The smallest absolute Gasteiger partial charge is 0.0671 e. The van der Waals surface area contributed by atoms with E-state index in [1.807, 2.05) is 0 Å². The van der Waals surface area contributed by atoms with Gasteiger partial charge in [0, 0.05) is 19.3 Å². The number of hydrogen-bond acceptors (Lipinski definition) is 1. The quantitative estimate of drug-likeness (QED) is 0.385. The average molecular weight is 382 g/mol. The van der Waals surface area contributed by atoms with E-state index in [0.29, 0.717) is 0 Å². The molecule has 3 heteroatoms. The maximum Gasteiger partial charge on any atom is 0.0671 e. The van der Waals surface area contributed by atoms with Crippen molar-refractivity contribution < 1.29 is 0 Å². The van der Waals surface area contributed by atoms with Crippen molar-refractivity contribution in [1.82, 2.24) is 4.67 Å². The lowest BCUT2D eigenvalue weighted by Crippen LogP contribution is -2.15. The topological polar surface area (TPSA) is 3.24 Å². The minimum Gasteiger partial charge on any atom is -0.270 e. The summed E-state index contributed by atoms with van der Waals surface area (Å²) in [4.78, 5) is 0. The van der Waals surface area contributed by atoms with Crippen LogP contribution in [0.2, 0.25) is 0 Å². The summed E-state index contributed by atoms with van der Waals surface area (Å²) in [5, 5.41) is 0. The Balaban J connectivity index is 2.01. The molecule has 0 amide bonds. The van der Waals surface area contributed by atoms with Crippen LogP contribution in [0.4, 0.5) is 0 Å². The Morgan fingerprint density at radius 2 is 1.31 bits per heavy atom. The summed E-state index contributed by atoms with van der Waals surface area (Å²) in [6, 6.07) is 28.0. The minimum atomic E-state index is -0.685. The maximum atomic E-state index is 6.79. The average Bonchev–Trinajstić information content (AvgIpc) is 2.70. The number of halogens is 1. The molecule has 0 fully saturated rings. The van der Waals surface area contributed by atoms with Crippen molar-refractivity contribution in [3.8, 4) is 22.3 Å². The molecule has 0 saturated heterocycles. The lowest BCUT2D eigenvalue weighted by Gasteiger charge is -2.25. The van der Waals surface area contributed by atoms with Gasteiger partial charge in [-0.05, 0) is 33.9 Å². The minimum absolute atomic E-state index is 0.685. The van der Waals surface area contributed by atoms with Crippen molar-refractivity contribution in [1.29, 1.82) is 0 Å². The van der Waals surface area contributed by atoms with Gasteiger partial charge in [-0.2, -0.15) is 0 Å². The highest BCUT2D eigenvalue weighted by Crippen LogP contribution is 2.49. The predicted octanol–water partition coefficient (Wildman–Crippen LogP) is 7.41. The van der Waals surface area contributed by atoms with Crippen LogP contribution in [0, 0.1) is 0 Å². The zero-order chi connectivity index (χ0) is 18.4. The molecule has 0 radical (unpaired) electrons. The Morgan fingerprint density at radius 3 is 1.88 bits per heavy atom. The molecule has 0 N–H and O–H groups in total. The Hall–Kier alpha value is -1.66. The van der Waals surface area contributed by atoms with E-state index in [1.54, 1.807) is 0 Å². The molecule has 0 aliphatic carbocycles. The van der Waals surface area contributed by atoms with Crippen molar-refractivity contribution in [2.24, 2.45) is 0 Å². The third kappa shape index (κ3) is 4.54. The SMILES string of the molecule is CCN(CC)P(Cl)Cc1ccc(-c2ccccc2)cc1-c1ccccc1. The van der Waals surface area contributed by atoms with Crippen molar-refractivity contribution in [2.75, 3.05) is 13.1 Å². The fraction of sp³-hybridized carbons (Fsp3) is 0.217. The molecule has 0 bridgehead atoms. The van der Waals surface area contributed by atoms with Gasteiger partial charge in [0.2, 0.25) is 0 Å². The summed E-state index contributed by atoms with van der Waals surface area (Å²) in [7, 11) is -0.685. The van der Waals surface area contributed by atoms with Crippen LogP contribution in [0.25, 0.3) is 22.3 Å². The van der Waals surface area contributed by atoms with Crippen molar-refractivity contribution in [3.63, 3.8) is 0 Å². The van der Waals surface area contributed by atoms with Crippen LogP contribution in [0.3, 0.4) is 0 Å². The molecule has 1 unspecified atom stereocenters. The first-order chi connectivity index (χ1) is 12.7. The monoisotopic (exact) mass is 381 g/mol. The van der Waals surface area contributed by atoms with Crippen molar-refractivity contribution in [3.05, 3.63) is 84.4 Å². The molecule has 0 aliphatic heterocycles. The van der Waals surface area contributed by atoms with E-state index in [1.165, 1.54) is 27.8 Å². The Kier molecular flexibility index (Phi) is 6.86. The van der Waals surface area contributed by atoms with E-state index in [9.17, 15) is 0 Å². The van der Waals surface area contributed by atoms with Crippen LogP contribution in [0.15, 0.2) is 78.9 Å². The van der Waals surface area contributed by atoms with Crippen LogP contribution in [-0.2, 0) is 6.16 Å². The fourth-order valence-electron chi connectivity index (χ4n) is 3.18. The zero-order valence-corrected chi connectivity index (χ0v) is 17.0. The maximum absolute atomic E-state index is 6.79. The third-order valence-corrected chi connectivity index (χ3v) is 7.42. The normalized spacial score (nSPS) is 12.3. The molecule has 0 spiro atoms. The molecule has 0 saturated carbocycles. The van der Waals surface area contributed by atoms with Gasteiger partial charge in [-0.25, -0.2) is 0 Å². The van der Waals surface area contributed by atoms with Crippen LogP contribution < -0.4 is 0 Å². The van der Waals surface area contributed by atoms with Crippen LogP contribution in [-0.4, -0.2) is 17.8 Å². The molecule has 0 heterocycles. The molecule has 3 rings (SSSR count). The standard InChI is InChI=1S/C23H25ClNP/c1-3-25(4-2)26(24)18-22-16-15-21(19-11-7-5-8-12-19)17-23(22)20-13-9-6-10-14-20/h5-17H,3-4,18H2,1-2H3. The summed E-state index contributed by atoms with van der Waals surface area (Å²) < 4.78 is 2.36. The van der Waals surface area contributed by atoms with E-state index >= 15 is 0 Å².